The van der Waals surface area contributed by atoms with Gasteiger partial charge in [0.1, 0.15) is 11.8 Å². The van der Waals surface area contributed by atoms with Crippen LogP contribution in [0.1, 0.15) is 25.4 Å². The van der Waals surface area contributed by atoms with Crippen LogP contribution in [0, 0.1) is 11.3 Å². The van der Waals surface area contributed by atoms with Crippen LogP contribution in [0.4, 0.5) is 0 Å². The zero-order chi connectivity index (χ0) is 12.7. The van der Waals surface area contributed by atoms with Crippen LogP contribution in [0.3, 0.4) is 0 Å². The molecule has 0 atom stereocenters. The molecule has 1 N–H and O–H groups in total. The number of furan rings is 1. The second kappa shape index (κ2) is 6.71. The van der Waals surface area contributed by atoms with E-state index in [0.717, 1.165) is 13.1 Å². The van der Waals surface area contributed by atoms with Gasteiger partial charge in [-0.2, -0.15) is 5.26 Å². The molecule has 5 nitrogen and oxygen atoms in total. The molecule has 0 saturated heterocycles. The van der Waals surface area contributed by atoms with Crippen molar-refractivity contribution in [1.29, 1.82) is 5.26 Å². The first-order valence-corrected chi connectivity index (χ1v) is 5.68. The molecule has 0 bridgehead atoms. The van der Waals surface area contributed by atoms with Gasteiger partial charge >= 0.3 is 0 Å². The Morgan fingerprint density at radius 3 is 2.71 bits per heavy atom. The summed E-state index contributed by atoms with van der Waals surface area (Å²) in [6.07, 6.45) is 0. The van der Waals surface area contributed by atoms with Crippen molar-refractivity contribution in [2.45, 2.75) is 20.4 Å². The lowest BCUT2D eigenvalue weighted by Gasteiger charge is -2.18. The Bertz CT molecular complexity index is 402. The van der Waals surface area contributed by atoms with Crippen molar-refractivity contribution >= 4 is 5.91 Å². The molecule has 17 heavy (non-hydrogen) atoms. The zero-order valence-electron chi connectivity index (χ0n) is 10.2. The number of nitrogens with zero attached hydrogens (tertiary/aromatic N) is 2. The number of carbonyl (C=O) groups is 1. The fraction of sp³-hybridized carbons (Fsp3) is 0.500. The van der Waals surface area contributed by atoms with Crippen LogP contribution in [0.5, 0.6) is 0 Å². The molecule has 1 amide bonds. The van der Waals surface area contributed by atoms with Crippen molar-refractivity contribution in [2.75, 3.05) is 19.6 Å². The predicted molar refractivity (Wildman–Crippen MR) is 63.1 cm³/mol. The van der Waals surface area contributed by atoms with Gasteiger partial charge in [-0.05, 0) is 26.0 Å². The van der Waals surface area contributed by atoms with E-state index in [2.05, 4.69) is 5.32 Å². The molecule has 5 heteroatoms. The van der Waals surface area contributed by atoms with Crippen molar-refractivity contribution in [3.05, 3.63) is 23.7 Å². The molecule has 0 aliphatic rings. The first kappa shape index (κ1) is 13.3. The van der Waals surface area contributed by atoms with Gasteiger partial charge in [-0.15, -0.1) is 0 Å². The summed E-state index contributed by atoms with van der Waals surface area (Å²) in [6, 6.07) is 5.26. The van der Waals surface area contributed by atoms with E-state index in [1.165, 1.54) is 0 Å². The van der Waals surface area contributed by atoms with Crippen LogP contribution in [-0.4, -0.2) is 30.4 Å². The molecule has 1 aromatic rings. The fourth-order valence-electron chi connectivity index (χ4n) is 1.51. The van der Waals surface area contributed by atoms with Gasteiger partial charge in [0.15, 0.2) is 0 Å². The standard InChI is InChI=1S/C12H17N3O2/c1-3-15(4-2)12(16)9-14-8-11-6-5-10(7-13)17-11/h5-6,14H,3-4,8-9H2,1-2H3. The van der Waals surface area contributed by atoms with Crippen molar-refractivity contribution in [3.63, 3.8) is 0 Å². The lowest BCUT2D eigenvalue weighted by Crippen LogP contribution is -2.37. The van der Waals surface area contributed by atoms with Crippen LogP contribution in [-0.2, 0) is 11.3 Å². The molecule has 1 rings (SSSR count). The van der Waals surface area contributed by atoms with Crippen LogP contribution in [0.2, 0.25) is 0 Å². The minimum absolute atomic E-state index is 0.0714. The maximum atomic E-state index is 11.6. The number of carbonyl (C=O) groups excluding carboxylic acids is 1. The summed E-state index contributed by atoms with van der Waals surface area (Å²) in [7, 11) is 0. The Morgan fingerprint density at radius 2 is 2.18 bits per heavy atom. The van der Waals surface area contributed by atoms with Crippen molar-refractivity contribution in [2.24, 2.45) is 0 Å². The molecule has 0 fully saturated rings. The highest BCUT2D eigenvalue weighted by atomic mass is 16.3. The third-order valence-electron chi connectivity index (χ3n) is 2.46. The Balaban J connectivity index is 2.33. The molecule has 1 heterocycles. The summed E-state index contributed by atoms with van der Waals surface area (Å²) < 4.78 is 5.18. The molecular formula is C12H17N3O2. The number of rotatable bonds is 6. The minimum Gasteiger partial charge on any atom is -0.449 e. The Morgan fingerprint density at radius 1 is 1.47 bits per heavy atom. The van der Waals surface area contributed by atoms with Crippen molar-refractivity contribution < 1.29 is 9.21 Å². The quantitative estimate of drug-likeness (QED) is 0.802. The highest BCUT2D eigenvalue weighted by molar-refractivity contribution is 5.78. The molecular weight excluding hydrogens is 218 g/mol. The summed E-state index contributed by atoms with van der Waals surface area (Å²) in [5.74, 6) is 1.02. The minimum atomic E-state index is 0.0714. The van der Waals surface area contributed by atoms with Gasteiger partial charge in [0.05, 0.1) is 13.1 Å². The SMILES string of the molecule is CCN(CC)C(=O)CNCc1ccc(C#N)o1. The molecule has 0 radical (unpaired) electrons. The maximum Gasteiger partial charge on any atom is 0.236 e. The molecule has 0 aromatic carbocycles. The molecule has 1 aromatic heterocycles. The second-order valence-electron chi connectivity index (χ2n) is 3.55. The average molecular weight is 235 g/mol. The normalized spacial score (nSPS) is 9.94. The van der Waals surface area contributed by atoms with Gasteiger partial charge in [-0.1, -0.05) is 0 Å². The van der Waals surface area contributed by atoms with Gasteiger partial charge in [-0.3, -0.25) is 4.79 Å². The van der Waals surface area contributed by atoms with E-state index in [9.17, 15) is 4.79 Å². The Labute approximate surface area is 101 Å². The van der Waals surface area contributed by atoms with Crippen LogP contribution in [0.25, 0.3) is 0 Å². The van der Waals surface area contributed by atoms with Crippen molar-refractivity contribution in [3.8, 4) is 6.07 Å². The van der Waals surface area contributed by atoms with Gasteiger partial charge in [0, 0.05) is 13.1 Å². The largest absolute Gasteiger partial charge is 0.449 e. The molecule has 0 aliphatic heterocycles. The topological polar surface area (TPSA) is 69.3 Å². The predicted octanol–water partition coefficient (Wildman–Crippen LogP) is 1.11. The van der Waals surface area contributed by atoms with Gasteiger partial charge in [0.25, 0.3) is 0 Å². The molecule has 0 saturated carbocycles. The van der Waals surface area contributed by atoms with E-state index in [4.69, 9.17) is 9.68 Å². The first-order chi connectivity index (χ1) is 8.21. The maximum absolute atomic E-state index is 11.6. The van der Waals surface area contributed by atoms with E-state index in [1.807, 2.05) is 19.9 Å². The lowest BCUT2D eigenvalue weighted by atomic mass is 10.4. The van der Waals surface area contributed by atoms with Crippen LogP contribution >= 0.6 is 0 Å². The summed E-state index contributed by atoms with van der Waals surface area (Å²) in [6.45, 7) is 6.08. The molecule has 92 valence electrons. The summed E-state index contributed by atoms with van der Waals surface area (Å²) in [5, 5.41) is 11.6. The van der Waals surface area contributed by atoms with Gasteiger partial charge < -0.3 is 14.6 Å². The highest BCUT2D eigenvalue weighted by Gasteiger charge is 2.09. The monoisotopic (exact) mass is 235 g/mol. The van der Waals surface area contributed by atoms with E-state index < -0.39 is 0 Å². The van der Waals surface area contributed by atoms with Crippen LogP contribution in [0.15, 0.2) is 16.5 Å². The first-order valence-electron chi connectivity index (χ1n) is 5.68. The highest BCUT2D eigenvalue weighted by Crippen LogP contribution is 2.05. The molecule has 0 spiro atoms. The third-order valence-corrected chi connectivity index (χ3v) is 2.46. The van der Waals surface area contributed by atoms with Gasteiger partial charge in [0.2, 0.25) is 11.7 Å². The number of hydrogen-bond donors (Lipinski definition) is 1. The number of nitrogens with one attached hydrogen (secondary N) is 1. The Hall–Kier alpha value is -1.80. The van der Waals surface area contributed by atoms with Crippen molar-refractivity contribution in [1.82, 2.24) is 10.2 Å². The lowest BCUT2D eigenvalue weighted by molar-refractivity contribution is -0.129. The zero-order valence-corrected chi connectivity index (χ0v) is 10.2. The average Bonchev–Trinajstić information content (AvgIpc) is 2.78. The Kier molecular flexibility index (Phi) is 5.24. The number of likely N-dealkylation sites (N-methyl/N-ethyl adjacent to an activating group) is 1. The van der Waals surface area contributed by atoms with E-state index in [1.54, 1.807) is 17.0 Å². The number of hydrogen-bond acceptors (Lipinski definition) is 4. The van der Waals surface area contributed by atoms with E-state index in [-0.39, 0.29) is 18.2 Å². The molecule has 0 aliphatic carbocycles. The molecule has 0 unspecified atom stereocenters. The van der Waals surface area contributed by atoms with Crippen LogP contribution < -0.4 is 5.32 Å². The van der Waals surface area contributed by atoms with Gasteiger partial charge in [-0.25, -0.2) is 0 Å². The number of amides is 1. The smallest absolute Gasteiger partial charge is 0.236 e. The van der Waals surface area contributed by atoms with E-state index >= 15 is 0 Å². The van der Waals surface area contributed by atoms with E-state index in [0.29, 0.717) is 12.3 Å². The summed E-state index contributed by atoms with van der Waals surface area (Å²) in [5.41, 5.74) is 0. The second-order valence-corrected chi connectivity index (χ2v) is 3.55. The summed E-state index contributed by atoms with van der Waals surface area (Å²) >= 11 is 0. The third kappa shape index (κ3) is 3.93. The number of nitriles is 1. The summed E-state index contributed by atoms with van der Waals surface area (Å²) in [4.78, 5) is 13.4. The fourth-order valence-corrected chi connectivity index (χ4v) is 1.51.